The molecule has 0 bridgehead atoms. The number of primary amides is 1. The largest absolute Gasteiger partial charge is 0.449 e. The fourth-order valence-corrected chi connectivity index (χ4v) is 5.22. The first-order valence-corrected chi connectivity index (χ1v) is 12.4. The number of anilines is 1. The molecule has 1 fully saturated rings. The molecule has 190 valence electrons. The SMILES string of the molecule is CCN(c1cc(Cl)cc(C(=O)NCc2c(C)cc(C)[nH]c2=O)c1C)C1CCC(COC(N)=O)CC1. The second-order valence-electron chi connectivity index (χ2n) is 9.31. The van der Waals surface area contributed by atoms with Gasteiger partial charge >= 0.3 is 6.09 Å². The van der Waals surface area contributed by atoms with Crippen molar-refractivity contribution in [3.8, 4) is 0 Å². The minimum absolute atomic E-state index is 0.135. The van der Waals surface area contributed by atoms with Crippen molar-refractivity contribution in [2.24, 2.45) is 11.7 Å². The molecule has 0 atom stereocenters. The summed E-state index contributed by atoms with van der Waals surface area (Å²) in [5.41, 5.74) is 9.34. The van der Waals surface area contributed by atoms with Crippen LogP contribution in [-0.4, -0.2) is 36.2 Å². The van der Waals surface area contributed by atoms with Crippen molar-refractivity contribution in [3.05, 3.63) is 61.5 Å². The summed E-state index contributed by atoms with van der Waals surface area (Å²) in [6.07, 6.45) is 3.04. The average molecular weight is 503 g/mol. The molecule has 0 saturated heterocycles. The summed E-state index contributed by atoms with van der Waals surface area (Å²) in [6, 6.07) is 5.77. The Bertz CT molecular complexity index is 1140. The summed E-state index contributed by atoms with van der Waals surface area (Å²) in [7, 11) is 0. The van der Waals surface area contributed by atoms with E-state index in [1.54, 1.807) is 6.07 Å². The Kier molecular flexibility index (Phi) is 8.83. The van der Waals surface area contributed by atoms with Gasteiger partial charge in [0.15, 0.2) is 0 Å². The molecule has 0 aliphatic heterocycles. The third-order valence-corrected chi connectivity index (χ3v) is 7.10. The molecule has 0 radical (unpaired) electrons. The molecule has 8 nitrogen and oxygen atoms in total. The number of nitrogens with zero attached hydrogens (tertiary/aromatic N) is 1. The molecule has 4 N–H and O–H groups in total. The molecule has 9 heteroatoms. The topological polar surface area (TPSA) is 118 Å². The van der Waals surface area contributed by atoms with Crippen molar-refractivity contribution in [3.63, 3.8) is 0 Å². The number of amides is 2. The van der Waals surface area contributed by atoms with Gasteiger partial charge in [-0.25, -0.2) is 4.79 Å². The number of hydrogen-bond donors (Lipinski definition) is 3. The number of nitrogens with two attached hydrogens (primary N) is 1. The number of benzene rings is 1. The lowest BCUT2D eigenvalue weighted by atomic mass is 9.85. The highest BCUT2D eigenvalue weighted by Gasteiger charge is 2.28. The number of pyridine rings is 1. The summed E-state index contributed by atoms with van der Waals surface area (Å²) in [6.45, 7) is 8.98. The molecule has 35 heavy (non-hydrogen) atoms. The van der Waals surface area contributed by atoms with Crippen molar-refractivity contribution in [2.75, 3.05) is 18.1 Å². The van der Waals surface area contributed by atoms with Crippen molar-refractivity contribution in [1.82, 2.24) is 10.3 Å². The molecule has 1 aromatic carbocycles. The standard InChI is InChI=1S/C26H35ClN4O4/c1-5-31(20-8-6-18(7-9-20)14-35-26(28)34)23-12-19(27)11-21(17(23)4)24(32)29-13-22-15(2)10-16(3)30-25(22)33/h10-12,18,20H,5-9,13-14H2,1-4H3,(H2,28,34)(H,29,32)(H,30,33). The number of aryl methyl sites for hydroxylation is 2. The quantitative estimate of drug-likeness (QED) is 0.495. The third kappa shape index (κ3) is 6.57. The van der Waals surface area contributed by atoms with E-state index in [-0.39, 0.29) is 18.0 Å². The molecule has 1 saturated carbocycles. The average Bonchev–Trinajstić information content (AvgIpc) is 2.80. The maximum Gasteiger partial charge on any atom is 0.404 e. The number of carbonyl (C=O) groups excluding carboxylic acids is 2. The Morgan fingerprint density at radius 2 is 1.86 bits per heavy atom. The summed E-state index contributed by atoms with van der Waals surface area (Å²) in [5, 5.41) is 3.38. The number of hydrogen-bond acceptors (Lipinski definition) is 5. The molecule has 0 spiro atoms. The lowest BCUT2D eigenvalue weighted by molar-refractivity contribution is 0.0950. The number of aromatic nitrogens is 1. The number of halogens is 1. The second-order valence-corrected chi connectivity index (χ2v) is 9.75. The van der Waals surface area contributed by atoms with Crippen LogP contribution in [0.25, 0.3) is 0 Å². The molecule has 1 aromatic heterocycles. The van der Waals surface area contributed by atoms with E-state index in [1.807, 2.05) is 32.9 Å². The summed E-state index contributed by atoms with van der Waals surface area (Å²) in [4.78, 5) is 41.4. The van der Waals surface area contributed by atoms with E-state index in [1.165, 1.54) is 0 Å². The van der Waals surface area contributed by atoms with Crippen LogP contribution in [0.15, 0.2) is 23.0 Å². The summed E-state index contributed by atoms with van der Waals surface area (Å²) in [5.74, 6) is 0.0432. The van der Waals surface area contributed by atoms with Gasteiger partial charge < -0.3 is 25.7 Å². The molecule has 1 aliphatic carbocycles. The minimum atomic E-state index is -0.732. The van der Waals surface area contributed by atoms with Crippen molar-refractivity contribution in [2.45, 2.75) is 66.0 Å². The van der Waals surface area contributed by atoms with Gasteiger partial charge in [0.25, 0.3) is 11.5 Å². The van der Waals surface area contributed by atoms with Crippen LogP contribution < -0.4 is 21.5 Å². The minimum Gasteiger partial charge on any atom is -0.449 e. The first-order valence-electron chi connectivity index (χ1n) is 12.1. The fourth-order valence-electron chi connectivity index (χ4n) is 5.01. The number of H-pyrrole nitrogens is 1. The summed E-state index contributed by atoms with van der Waals surface area (Å²) >= 11 is 6.46. The number of ether oxygens (including phenoxy) is 1. The number of rotatable bonds is 8. The van der Waals surface area contributed by atoms with Crippen LogP contribution in [0.5, 0.6) is 0 Å². The van der Waals surface area contributed by atoms with Crippen LogP contribution in [0.2, 0.25) is 5.02 Å². The highest BCUT2D eigenvalue weighted by Crippen LogP contribution is 2.35. The first-order chi connectivity index (χ1) is 16.6. The van der Waals surface area contributed by atoms with E-state index in [4.69, 9.17) is 22.1 Å². The Balaban J connectivity index is 1.75. The van der Waals surface area contributed by atoms with Crippen molar-refractivity contribution < 1.29 is 14.3 Å². The molecular formula is C26H35ClN4O4. The maximum atomic E-state index is 13.1. The summed E-state index contributed by atoms with van der Waals surface area (Å²) < 4.78 is 4.98. The normalized spacial score (nSPS) is 17.6. The zero-order valence-corrected chi connectivity index (χ0v) is 21.6. The van der Waals surface area contributed by atoms with E-state index in [2.05, 4.69) is 22.1 Å². The fraction of sp³-hybridized carbons (Fsp3) is 0.500. The van der Waals surface area contributed by atoms with E-state index in [0.717, 1.165) is 54.7 Å². The Morgan fingerprint density at radius 1 is 1.17 bits per heavy atom. The van der Waals surface area contributed by atoms with E-state index in [9.17, 15) is 14.4 Å². The van der Waals surface area contributed by atoms with Crippen molar-refractivity contribution in [1.29, 1.82) is 0 Å². The number of nitrogens with one attached hydrogen (secondary N) is 2. The van der Waals surface area contributed by atoms with Crippen LogP contribution in [0.3, 0.4) is 0 Å². The van der Waals surface area contributed by atoms with Crippen LogP contribution >= 0.6 is 11.6 Å². The third-order valence-electron chi connectivity index (χ3n) is 6.88. The zero-order valence-electron chi connectivity index (χ0n) is 20.9. The molecule has 0 unspecified atom stereocenters. The van der Waals surface area contributed by atoms with Crippen LogP contribution in [-0.2, 0) is 11.3 Å². The second kappa shape index (κ2) is 11.6. The predicted octanol–water partition coefficient (Wildman–Crippen LogP) is 4.36. The smallest absolute Gasteiger partial charge is 0.404 e. The predicted molar refractivity (Wildman–Crippen MR) is 138 cm³/mol. The Morgan fingerprint density at radius 3 is 2.46 bits per heavy atom. The van der Waals surface area contributed by atoms with Gasteiger partial charge in [-0.2, -0.15) is 0 Å². The molecule has 1 aliphatic rings. The first kappa shape index (κ1) is 26.6. The van der Waals surface area contributed by atoms with E-state index in [0.29, 0.717) is 34.7 Å². The molecular weight excluding hydrogens is 468 g/mol. The zero-order chi connectivity index (χ0) is 25.7. The highest BCUT2D eigenvalue weighted by molar-refractivity contribution is 6.31. The molecule has 2 amide bonds. The molecule has 3 rings (SSSR count). The van der Waals surface area contributed by atoms with Gasteiger partial charge in [0.1, 0.15) is 0 Å². The number of aromatic amines is 1. The van der Waals surface area contributed by atoms with Crippen LogP contribution in [0.1, 0.15) is 65.3 Å². The maximum absolute atomic E-state index is 13.1. The van der Waals surface area contributed by atoms with Gasteiger partial charge in [-0.05, 0) is 88.6 Å². The lowest BCUT2D eigenvalue weighted by Gasteiger charge is -2.38. The van der Waals surface area contributed by atoms with Crippen molar-refractivity contribution >= 4 is 29.3 Å². The van der Waals surface area contributed by atoms with Gasteiger partial charge in [0.05, 0.1) is 6.61 Å². The van der Waals surface area contributed by atoms with Gasteiger partial charge in [0.2, 0.25) is 0 Å². The molecule has 1 heterocycles. The van der Waals surface area contributed by atoms with Crippen LogP contribution in [0.4, 0.5) is 10.5 Å². The van der Waals surface area contributed by atoms with Gasteiger partial charge in [-0.1, -0.05) is 11.6 Å². The highest BCUT2D eigenvalue weighted by atomic mass is 35.5. The van der Waals surface area contributed by atoms with Crippen LogP contribution in [0, 0.1) is 26.7 Å². The molecule has 2 aromatic rings. The van der Waals surface area contributed by atoms with Gasteiger partial charge in [0, 0.05) is 46.7 Å². The van der Waals surface area contributed by atoms with Gasteiger partial charge in [-0.15, -0.1) is 0 Å². The Labute approximate surface area is 211 Å². The monoisotopic (exact) mass is 502 g/mol. The Hall–Kier alpha value is -3.00. The number of carbonyl (C=O) groups is 2. The lowest BCUT2D eigenvalue weighted by Crippen LogP contribution is -2.39. The van der Waals surface area contributed by atoms with Gasteiger partial charge in [-0.3, -0.25) is 9.59 Å². The van der Waals surface area contributed by atoms with E-state index < -0.39 is 6.09 Å². The van der Waals surface area contributed by atoms with E-state index >= 15 is 0 Å².